The third-order valence-corrected chi connectivity index (χ3v) is 4.21. The van der Waals surface area contributed by atoms with Crippen molar-refractivity contribution in [2.45, 2.75) is 25.2 Å². The molecule has 0 bridgehead atoms. The van der Waals surface area contributed by atoms with Crippen LogP contribution < -0.4 is 16.6 Å². The van der Waals surface area contributed by atoms with E-state index in [1.165, 1.54) is 4.57 Å². The van der Waals surface area contributed by atoms with Crippen LogP contribution in [0.5, 0.6) is 0 Å². The van der Waals surface area contributed by atoms with Crippen LogP contribution in [0.3, 0.4) is 0 Å². The van der Waals surface area contributed by atoms with Crippen molar-refractivity contribution in [2.24, 2.45) is 0 Å². The summed E-state index contributed by atoms with van der Waals surface area (Å²) in [6.45, 7) is 1.55. The highest BCUT2D eigenvalue weighted by molar-refractivity contribution is 6.28. The monoisotopic (exact) mass is 316 g/mol. The van der Waals surface area contributed by atoms with Crippen molar-refractivity contribution >= 4 is 36.3 Å². The molecule has 2 heterocycles. The molecule has 1 aliphatic rings. The highest BCUT2D eigenvalue weighted by Crippen LogP contribution is 2.25. The van der Waals surface area contributed by atoms with Crippen LogP contribution in [0.15, 0.2) is 16.9 Å². The van der Waals surface area contributed by atoms with E-state index in [0.29, 0.717) is 0 Å². The minimum Gasteiger partial charge on any atom is -0.398 e. The third kappa shape index (κ3) is 2.19. The van der Waals surface area contributed by atoms with Crippen LogP contribution in [0.1, 0.15) is 18.7 Å². The number of carbonyl (C=O) groups excluding carboxylic acids is 2. The predicted octanol–water partition coefficient (Wildman–Crippen LogP) is -0.851. The second-order valence-electron chi connectivity index (χ2n) is 5.84. The molecule has 2 amide bonds. The van der Waals surface area contributed by atoms with Crippen LogP contribution in [0, 0.1) is 12.7 Å². The molecule has 118 valence electrons. The zero-order chi connectivity index (χ0) is 16.9. The lowest BCUT2D eigenvalue weighted by Gasteiger charge is -2.34. The molecule has 9 heteroatoms. The standard InChI is InChI=1S/C14H14BFN4O3/c1-6-18-9-5-7(16)4-8(17)11(9)12(22)20(6)14(15)3-2-10(21)19-13(14)23/h4-5H,2-3,15,17H2,1H3,(H,19,21,23). The van der Waals surface area contributed by atoms with Gasteiger partial charge < -0.3 is 5.73 Å². The Hall–Kier alpha value is -2.71. The number of nitrogen functional groups attached to an aromatic ring is 1. The number of hydrogen-bond donors (Lipinski definition) is 2. The average molecular weight is 316 g/mol. The minimum atomic E-state index is -1.25. The summed E-state index contributed by atoms with van der Waals surface area (Å²) in [5, 5.41) is 2.30. The molecular weight excluding hydrogens is 302 g/mol. The fraction of sp³-hybridized carbons (Fsp3) is 0.286. The Kier molecular flexibility index (Phi) is 3.24. The molecule has 1 saturated heterocycles. The van der Waals surface area contributed by atoms with E-state index >= 15 is 0 Å². The number of halogens is 1. The number of carbonyl (C=O) groups is 2. The molecule has 7 nitrogen and oxygen atoms in total. The van der Waals surface area contributed by atoms with Gasteiger partial charge in [0.05, 0.1) is 16.3 Å². The number of imide groups is 1. The number of nitrogens with two attached hydrogens (primary N) is 1. The molecule has 0 radical (unpaired) electrons. The molecule has 1 aliphatic heterocycles. The van der Waals surface area contributed by atoms with Gasteiger partial charge in [-0.1, -0.05) is 0 Å². The maximum Gasteiger partial charge on any atom is 0.263 e. The first kappa shape index (κ1) is 15.2. The number of aromatic nitrogens is 2. The minimum absolute atomic E-state index is 0.0397. The number of hydrogen-bond acceptors (Lipinski definition) is 5. The normalized spacial score (nSPS) is 21.5. The summed E-state index contributed by atoms with van der Waals surface area (Å²) >= 11 is 0. The molecule has 1 aromatic heterocycles. The number of benzene rings is 1. The van der Waals surface area contributed by atoms with Gasteiger partial charge in [-0.2, -0.15) is 0 Å². The first-order chi connectivity index (χ1) is 10.7. The number of aryl methyl sites for hydroxylation is 1. The summed E-state index contributed by atoms with van der Waals surface area (Å²) in [7, 11) is 1.57. The summed E-state index contributed by atoms with van der Waals surface area (Å²) < 4.78 is 14.7. The Balaban J connectivity index is 2.33. The van der Waals surface area contributed by atoms with E-state index in [1.807, 2.05) is 0 Å². The molecule has 2 aromatic rings. The molecule has 1 aromatic carbocycles. The summed E-state index contributed by atoms with van der Waals surface area (Å²) in [6.07, 6.45) is 0.289. The first-order valence-corrected chi connectivity index (χ1v) is 7.07. The van der Waals surface area contributed by atoms with Crippen molar-refractivity contribution in [3.63, 3.8) is 0 Å². The number of nitrogens with one attached hydrogen (secondary N) is 1. The smallest absolute Gasteiger partial charge is 0.263 e. The molecule has 0 spiro atoms. The summed E-state index contributed by atoms with van der Waals surface area (Å²) in [6, 6.07) is 2.16. The lowest BCUT2D eigenvalue weighted by atomic mass is 9.71. The summed E-state index contributed by atoms with van der Waals surface area (Å²) in [4.78, 5) is 40.7. The van der Waals surface area contributed by atoms with Gasteiger partial charge in [-0.25, -0.2) is 9.37 Å². The third-order valence-electron chi connectivity index (χ3n) is 4.21. The van der Waals surface area contributed by atoms with Gasteiger partial charge in [0.1, 0.15) is 19.5 Å². The number of amides is 2. The van der Waals surface area contributed by atoms with E-state index in [1.54, 1.807) is 14.8 Å². The van der Waals surface area contributed by atoms with E-state index in [9.17, 15) is 18.8 Å². The topological polar surface area (TPSA) is 107 Å². The van der Waals surface area contributed by atoms with Gasteiger partial charge in [0, 0.05) is 18.2 Å². The molecule has 1 atom stereocenters. The van der Waals surface area contributed by atoms with Crippen molar-refractivity contribution in [1.29, 1.82) is 0 Å². The van der Waals surface area contributed by atoms with Crippen molar-refractivity contribution in [1.82, 2.24) is 14.9 Å². The summed E-state index contributed by atoms with van der Waals surface area (Å²) in [5.74, 6) is -1.29. The van der Waals surface area contributed by atoms with Gasteiger partial charge >= 0.3 is 0 Å². The van der Waals surface area contributed by atoms with Crippen molar-refractivity contribution < 1.29 is 14.0 Å². The van der Waals surface area contributed by atoms with Crippen LogP contribution in [-0.4, -0.2) is 29.2 Å². The lowest BCUT2D eigenvalue weighted by Crippen LogP contribution is -2.58. The number of anilines is 1. The summed E-state index contributed by atoms with van der Waals surface area (Å²) in [5.41, 5.74) is 4.07. The Bertz CT molecular complexity index is 926. The van der Waals surface area contributed by atoms with E-state index in [4.69, 9.17) is 5.73 Å². The maximum atomic E-state index is 13.5. The highest BCUT2D eigenvalue weighted by Gasteiger charge is 2.42. The van der Waals surface area contributed by atoms with Crippen LogP contribution >= 0.6 is 0 Å². The van der Waals surface area contributed by atoms with Crippen molar-refractivity contribution in [2.75, 3.05) is 5.73 Å². The maximum absolute atomic E-state index is 13.5. The fourth-order valence-corrected chi connectivity index (χ4v) is 3.01. The van der Waals surface area contributed by atoms with Gasteiger partial charge in [-0.05, 0) is 19.4 Å². The van der Waals surface area contributed by atoms with Crippen LogP contribution in [0.2, 0.25) is 0 Å². The predicted molar refractivity (Wildman–Crippen MR) is 84.0 cm³/mol. The second-order valence-corrected chi connectivity index (χ2v) is 5.84. The Morgan fingerprint density at radius 3 is 2.74 bits per heavy atom. The van der Waals surface area contributed by atoms with E-state index in [0.717, 1.165) is 12.1 Å². The van der Waals surface area contributed by atoms with Gasteiger partial charge in [-0.3, -0.25) is 24.3 Å². The zero-order valence-corrected chi connectivity index (χ0v) is 12.6. The van der Waals surface area contributed by atoms with E-state index in [2.05, 4.69) is 10.3 Å². The van der Waals surface area contributed by atoms with Crippen LogP contribution in [0.4, 0.5) is 10.1 Å². The molecule has 1 fully saturated rings. The number of rotatable bonds is 1. The molecule has 0 aliphatic carbocycles. The fourth-order valence-electron chi connectivity index (χ4n) is 3.01. The zero-order valence-electron chi connectivity index (χ0n) is 12.6. The molecule has 3 rings (SSSR count). The SMILES string of the molecule is BC1(n2c(C)nc3cc(F)cc(N)c3c2=O)CCC(=O)NC1=O. The number of fused-ring (bicyclic) bond motifs is 1. The van der Waals surface area contributed by atoms with Crippen molar-refractivity contribution in [3.8, 4) is 0 Å². The number of nitrogens with zero attached hydrogens (tertiary/aromatic N) is 2. The lowest BCUT2D eigenvalue weighted by molar-refractivity contribution is -0.137. The van der Waals surface area contributed by atoms with Crippen LogP contribution in [-0.2, 0) is 15.0 Å². The van der Waals surface area contributed by atoms with Gasteiger partial charge in [0.2, 0.25) is 11.8 Å². The largest absolute Gasteiger partial charge is 0.398 e. The molecule has 23 heavy (non-hydrogen) atoms. The molecule has 3 N–H and O–H groups in total. The molecular formula is C14H14BFN4O3. The quantitative estimate of drug-likeness (QED) is 0.405. The first-order valence-electron chi connectivity index (χ1n) is 7.07. The Labute approximate surface area is 131 Å². The second kappa shape index (κ2) is 4.90. The number of piperidine rings is 1. The molecule has 0 saturated carbocycles. The van der Waals surface area contributed by atoms with E-state index < -0.39 is 22.7 Å². The Morgan fingerprint density at radius 1 is 1.39 bits per heavy atom. The average Bonchev–Trinajstić information content (AvgIpc) is 2.42. The highest BCUT2D eigenvalue weighted by atomic mass is 19.1. The van der Waals surface area contributed by atoms with Crippen molar-refractivity contribution in [3.05, 3.63) is 34.1 Å². The van der Waals surface area contributed by atoms with E-state index in [-0.39, 0.29) is 41.2 Å². The van der Waals surface area contributed by atoms with Gasteiger partial charge in [0.15, 0.2) is 0 Å². The van der Waals surface area contributed by atoms with Crippen LogP contribution in [0.25, 0.3) is 10.9 Å². The Morgan fingerprint density at radius 2 is 2.09 bits per heavy atom. The van der Waals surface area contributed by atoms with Gasteiger partial charge in [0.25, 0.3) is 5.56 Å². The van der Waals surface area contributed by atoms with Gasteiger partial charge in [-0.15, -0.1) is 0 Å². The molecule has 1 unspecified atom stereocenters.